The van der Waals surface area contributed by atoms with Crippen LogP contribution in [0.2, 0.25) is 0 Å². The minimum atomic E-state index is 0.623. The van der Waals surface area contributed by atoms with E-state index in [1.54, 1.807) is 11.3 Å². The number of thiophene rings is 1. The smallest absolute Gasteiger partial charge is 0.162 e. The molecule has 1 aliphatic carbocycles. The third-order valence-corrected chi connectivity index (χ3v) is 4.34. The van der Waals surface area contributed by atoms with E-state index in [-0.39, 0.29) is 0 Å². The van der Waals surface area contributed by atoms with Crippen LogP contribution in [0.4, 0.5) is 5.82 Å². The summed E-state index contributed by atoms with van der Waals surface area (Å²) in [5.74, 6) is 2.44. The first-order valence-corrected chi connectivity index (χ1v) is 7.96. The van der Waals surface area contributed by atoms with Gasteiger partial charge in [-0.3, -0.25) is 0 Å². The molecular weight excluding hydrogens is 254 g/mol. The molecule has 2 aromatic heterocycles. The summed E-state index contributed by atoms with van der Waals surface area (Å²) in [7, 11) is 0. The highest BCUT2D eigenvalue weighted by Crippen LogP contribution is 2.34. The first kappa shape index (κ1) is 12.6. The minimum Gasteiger partial charge on any atom is -0.370 e. The Bertz CT molecular complexity index is 530. The molecule has 19 heavy (non-hydrogen) atoms. The highest BCUT2D eigenvalue weighted by Gasteiger charge is 2.20. The van der Waals surface area contributed by atoms with E-state index in [4.69, 9.17) is 4.98 Å². The van der Waals surface area contributed by atoms with Crippen molar-refractivity contribution in [1.29, 1.82) is 0 Å². The van der Waals surface area contributed by atoms with Crippen molar-refractivity contribution in [3.8, 4) is 11.4 Å². The molecule has 3 rings (SSSR count). The van der Waals surface area contributed by atoms with Gasteiger partial charge in [-0.05, 0) is 31.2 Å². The number of nitrogens with one attached hydrogen (secondary N) is 1. The minimum absolute atomic E-state index is 0.623. The van der Waals surface area contributed by atoms with E-state index >= 15 is 0 Å². The lowest BCUT2D eigenvalue weighted by molar-refractivity contribution is 0.695. The van der Waals surface area contributed by atoms with Crippen molar-refractivity contribution in [2.45, 2.75) is 38.5 Å². The molecule has 0 spiro atoms. The molecule has 0 bridgehead atoms. The van der Waals surface area contributed by atoms with Gasteiger partial charge in [0.1, 0.15) is 5.82 Å². The monoisotopic (exact) mass is 273 g/mol. The zero-order valence-electron chi connectivity index (χ0n) is 11.2. The number of nitrogens with zero attached hydrogens (tertiary/aromatic N) is 2. The fourth-order valence-electron chi connectivity index (χ4n) is 2.69. The van der Waals surface area contributed by atoms with E-state index in [0.29, 0.717) is 5.92 Å². The second-order valence-electron chi connectivity index (χ2n) is 5.03. The van der Waals surface area contributed by atoms with Gasteiger partial charge < -0.3 is 5.32 Å². The zero-order chi connectivity index (χ0) is 13.1. The maximum atomic E-state index is 4.80. The largest absolute Gasteiger partial charge is 0.370 e. The van der Waals surface area contributed by atoms with E-state index < -0.39 is 0 Å². The molecule has 0 unspecified atom stereocenters. The molecule has 0 aromatic carbocycles. The lowest BCUT2D eigenvalue weighted by Gasteiger charge is -2.12. The van der Waals surface area contributed by atoms with Gasteiger partial charge in [-0.2, -0.15) is 11.3 Å². The number of hydrogen-bond acceptors (Lipinski definition) is 4. The van der Waals surface area contributed by atoms with Gasteiger partial charge in [-0.25, -0.2) is 9.97 Å². The predicted octanol–water partition coefficient (Wildman–Crippen LogP) is 4.29. The first-order chi connectivity index (χ1) is 9.36. The highest BCUT2D eigenvalue weighted by molar-refractivity contribution is 7.08. The highest BCUT2D eigenvalue weighted by atomic mass is 32.1. The molecule has 2 aromatic rings. The molecule has 1 fully saturated rings. The summed E-state index contributed by atoms with van der Waals surface area (Å²) in [6.07, 6.45) is 5.20. The SMILES string of the molecule is CCNc1cc(C2CCCC2)nc(-c2ccsc2)n1. The van der Waals surface area contributed by atoms with Gasteiger partial charge >= 0.3 is 0 Å². The van der Waals surface area contributed by atoms with Crippen LogP contribution in [0.3, 0.4) is 0 Å². The molecule has 0 radical (unpaired) electrons. The maximum absolute atomic E-state index is 4.80. The molecule has 0 atom stereocenters. The number of aromatic nitrogens is 2. The van der Waals surface area contributed by atoms with Crippen molar-refractivity contribution in [1.82, 2.24) is 9.97 Å². The van der Waals surface area contributed by atoms with Gasteiger partial charge in [0.05, 0.1) is 0 Å². The molecule has 1 aliphatic rings. The molecule has 1 N–H and O–H groups in total. The number of anilines is 1. The number of rotatable bonds is 4. The topological polar surface area (TPSA) is 37.8 Å². The second kappa shape index (κ2) is 5.70. The predicted molar refractivity (Wildman–Crippen MR) is 80.7 cm³/mol. The quantitative estimate of drug-likeness (QED) is 0.902. The van der Waals surface area contributed by atoms with Crippen molar-refractivity contribution >= 4 is 17.2 Å². The van der Waals surface area contributed by atoms with Crippen LogP contribution >= 0.6 is 11.3 Å². The summed E-state index contributed by atoms with van der Waals surface area (Å²) in [6.45, 7) is 2.99. The summed E-state index contributed by atoms with van der Waals surface area (Å²) >= 11 is 1.69. The molecule has 100 valence electrons. The molecule has 0 amide bonds. The van der Waals surface area contributed by atoms with Crippen LogP contribution in [0.1, 0.15) is 44.2 Å². The Morgan fingerprint density at radius 3 is 2.84 bits per heavy atom. The van der Waals surface area contributed by atoms with Gasteiger partial charge in [0.15, 0.2) is 5.82 Å². The van der Waals surface area contributed by atoms with Gasteiger partial charge in [-0.1, -0.05) is 12.8 Å². The molecule has 0 aliphatic heterocycles. The Balaban J connectivity index is 1.98. The molecule has 0 saturated heterocycles. The van der Waals surface area contributed by atoms with E-state index in [1.807, 2.05) is 0 Å². The standard InChI is InChI=1S/C15H19N3S/c1-2-16-14-9-13(11-5-3-4-6-11)17-15(18-14)12-7-8-19-10-12/h7-11H,2-6H2,1H3,(H,16,17,18). The average Bonchev–Trinajstić information content (AvgIpc) is 3.12. The second-order valence-corrected chi connectivity index (χ2v) is 5.81. The Labute approximate surface area is 118 Å². The van der Waals surface area contributed by atoms with Gasteiger partial charge in [-0.15, -0.1) is 0 Å². The Morgan fingerprint density at radius 1 is 1.32 bits per heavy atom. The number of hydrogen-bond donors (Lipinski definition) is 1. The lowest BCUT2D eigenvalue weighted by atomic mass is 10.0. The van der Waals surface area contributed by atoms with Crippen LogP contribution in [-0.2, 0) is 0 Å². The van der Waals surface area contributed by atoms with Crippen LogP contribution in [0, 0.1) is 0 Å². The van der Waals surface area contributed by atoms with E-state index in [1.165, 1.54) is 31.4 Å². The molecule has 3 nitrogen and oxygen atoms in total. The normalized spacial score (nSPS) is 15.8. The Morgan fingerprint density at radius 2 is 2.16 bits per heavy atom. The van der Waals surface area contributed by atoms with Gasteiger partial charge in [0.2, 0.25) is 0 Å². The van der Waals surface area contributed by atoms with Gasteiger partial charge in [0.25, 0.3) is 0 Å². The van der Waals surface area contributed by atoms with Crippen molar-refractivity contribution in [2.75, 3.05) is 11.9 Å². The van der Waals surface area contributed by atoms with Crippen molar-refractivity contribution < 1.29 is 0 Å². The summed E-state index contributed by atoms with van der Waals surface area (Å²) in [4.78, 5) is 9.42. The van der Waals surface area contributed by atoms with Crippen LogP contribution < -0.4 is 5.32 Å². The van der Waals surface area contributed by atoms with Crippen molar-refractivity contribution in [2.24, 2.45) is 0 Å². The van der Waals surface area contributed by atoms with E-state index in [2.05, 4.69) is 40.1 Å². The molecule has 4 heteroatoms. The van der Waals surface area contributed by atoms with Crippen molar-refractivity contribution in [3.63, 3.8) is 0 Å². The maximum Gasteiger partial charge on any atom is 0.162 e. The third kappa shape index (κ3) is 2.78. The fraction of sp³-hybridized carbons (Fsp3) is 0.467. The third-order valence-electron chi connectivity index (χ3n) is 3.66. The summed E-state index contributed by atoms with van der Waals surface area (Å²) in [5.41, 5.74) is 2.34. The summed E-state index contributed by atoms with van der Waals surface area (Å²) < 4.78 is 0. The summed E-state index contributed by atoms with van der Waals surface area (Å²) in [6, 6.07) is 4.23. The van der Waals surface area contributed by atoms with Crippen LogP contribution in [-0.4, -0.2) is 16.5 Å². The van der Waals surface area contributed by atoms with E-state index in [9.17, 15) is 0 Å². The molecule has 2 heterocycles. The van der Waals surface area contributed by atoms with E-state index in [0.717, 1.165) is 23.8 Å². The molecular formula is C15H19N3S. The van der Waals surface area contributed by atoms with Crippen LogP contribution in [0.15, 0.2) is 22.9 Å². The zero-order valence-corrected chi connectivity index (χ0v) is 12.0. The Kier molecular flexibility index (Phi) is 3.78. The first-order valence-electron chi connectivity index (χ1n) is 7.02. The average molecular weight is 273 g/mol. The Hall–Kier alpha value is -1.42. The van der Waals surface area contributed by atoms with Gasteiger partial charge in [0, 0.05) is 35.2 Å². The van der Waals surface area contributed by atoms with Crippen LogP contribution in [0.5, 0.6) is 0 Å². The van der Waals surface area contributed by atoms with Crippen LogP contribution in [0.25, 0.3) is 11.4 Å². The summed E-state index contributed by atoms with van der Waals surface area (Å²) in [5, 5.41) is 7.52. The van der Waals surface area contributed by atoms with Crippen molar-refractivity contribution in [3.05, 3.63) is 28.6 Å². The lowest BCUT2D eigenvalue weighted by Crippen LogP contribution is -2.05. The fourth-order valence-corrected chi connectivity index (χ4v) is 3.32. The molecule has 1 saturated carbocycles.